The predicted octanol–water partition coefficient (Wildman–Crippen LogP) is 0.585. The van der Waals surface area contributed by atoms with Crippen LogP contribution in [0.4, 0.5) is 0 Å². The topological polar surface area (TPSA) is 80.3 Å². The number of hydrogen-bond donors (Lipinski definition) is 0. The van der Waals surface area contributed by atoms with Gasteiger partial charge in [0.2, 0.25) is 0 Å². The Kier molecular flexibility index (Phi) is 25.0. The van der Waals surface area contributed by atoms with Crippen LogP contribution in [0.25, 0.3) is 0 Å². The monoisotopic (exact) mass is 294 g/mol. The maximum Gasteiger partial charge on any atom is 2.00 e. The summed E-state index contributed by atoms with van der Waals surface area (Å²) in [6, 6.07) is 0. The van der Waals surface area contributed by atoms with Crippen molar-refractivity contribution in [1.82, 2.24) is 0 Å². The molecule has 0 saturated carbocycles. The summed E-state index contributed by atoms with van der Waals surface area (Å²) in [5.41, 5.74) is 0. The van der Waals surface area contributed by atoms with Crippen LogP contribution < -0.4 is 10.2 Å². The average molecular weight is 294 g/mol. The van der Waals surface area contributed by atoms with E-state index < -0.39 is 11.9 Å². The second-order valence-electron chi connectivity index (χ2n) is 3.73. The average Bonchev–Trinajstić information content (AvgIpc) is 2.31. The van der Waals surface area contributed by atoms with Gasteiger partial charge in [-0.25, -0.2) is 0 Å². The predicted molar refractivity (Wildman–Crippen MR) is 73.1 cm³/mol. The molecule has 0 radical (unpaired) electrons. The molecule has 0 rings (SSSR count). The summed E-state index contributed by atoms with van der Waals surface area (Å²) in [7, 11) is 0. The Morgan fingerprint density at radius 2 is 1.16 bits per heavy atom. The first-order valence-electron chi connectivity index (χ1n) is 6.29. The molecule has 0 fully saturated rings. The quantitative estimate of drug-likeness (QED) is 0.373. The Bertz CT molecular complexity index is 245. The van der Waals surface area contributed by atoms with Crippen LogP contribution in [0.5, 0.6) is 0 Å². The fraction of sp³-hybridized carbons (Fsp3) is 0.571. The molecule has 0 amide bonds. The smallest absolute Gasteiger partial charge is 0.545 e. The zero-order chi connectivity index (χ0) is 14.2. The molecule has 0 spiro atoms. The van der Waals surface area contributed by atoms with Gasteiger partial charge in [0.25, 0.3) is 0 Å². The van der Waals surface area contributed by atoms with Gasteiger partial charge in [-0.3, -0.25) is 0 Å². The minimum atomic E-state index is -1.11. The largest absolute Gasteiger partial charge is 2.00 e. The van der Waals surface area contributed by atoms with Gasteiger partial charge in [0.15, 0.2) is 0 Å². The number of allylic oxidation sites excluding steroid dienone is 2. The molecule has 19 heavy (non-hydrogen) atoms. The van der Waals surface area contributed by atoms with Crippen LogP contribution in [0.3, 0.4) is 0 Å². The second kappa shape index (κ2) is 20.0. The summed E-state index contributed by atoms with van der Waals surface area (Å²) in [5.74, 6) is -2.21. The zero-order valence-electron chi connectivity index (χ0n) is 11.9. The van der Waals surface area contributed by atoms with Crippen LogP contribution in [0.2, 0.25) is 0 Å². The summed E-state index contributed by atoms with van der Waals surface area (Å²) in [5, 5.41) is 19.5. The summed E-state index contributed by atoms with van der Waals surface area (Å²) in [6.07, 6.45) is 11.4. The number of unbranched alkanes of at least 4 members (excludes halogenated alkanes) is 4. The third-order valence-electron chi connectivity index (χ3n) is 1.96. The molecule has 5 heteroatoms. The van der Waals surface area contributed by atoms with E-state index in [4.69, 9.17) is 0 Å². The molecule has 0 bridgehead atoms. The van der Waals surface area contributed by atoms with Gasteiger partial charge in [-0.05, 0) is 25.0 Å². The maximum absolute atomic E-state index is 9.76. The molecular formula is C14H22CaO4. The fourth-order valence-corrected chi connectivity index (χ4v) is 1.00. The van der Waals surface area contributed by atoms with Crippen molar-refractivity contribution in [1.29, 1.82) is 0 Å². The SMILES string of the molecule is CCCC/C=C/C(=O)[O-].CCCC/C=C/C(=O)[O-].[Ca+2]. The van der Waals surface area contributed by atoms with Crippen LogP contribution >= 0.6 is 0 Å². The number of rotatable bonds is 8. The van der Waals surface area contributed by atoms with Crippen molar-refractivity contribution in [2.24, 2.45) is 0 Å². The van der Waals surface area contributed by atoms with Gasteiger partial charge in [-0.1, -0.05) is 51.7 Å². The van der Waals surface area contributed by atoms with Crippen molar-refractivity contribution in [2.75, 3.05) is 0 Å². The molecule has 0 aliphatic rings. The number of carboxylic acids is 2. The molecule has 0 aliphatic heterocycles. The number of carbonyl (C=O) groups excluding carboxylic acids is 2. The van der Waals surface area contributed by atoms with E-state index in [-0.39, 0.29) is 37.7 Å². The normalized spacial score (nSPS) is 9.79. The van der Waals surface area contributed by atoms with Crippen LogP contribution in [0.1, 0.15) is 52.4 Å². The Labute approximate surface area is 145 Å². The van der Waals surface area contributed by atoms with Crippen LogP contribution in [0, 0.1) is 0 Å². The van der Waals surface area contributed by atoms with E-state index in [1.54, 1.807) is 12.2 Å². The molecule has 0 aliphatic carbocycles. The van der Waals surface area contributed by atoms with E-state index in [2.05, 4.69) is 13.8 Å². The fourth-order valence-electron chi connectivity index (χ4n) is 1.00. The molecule has 104 valence electrons. The standard InChI is InChI=1S/2C7H12O2.Ca/c2*1-2-3-4-5-6-7(8)9;/h2*5-6H,2-4H2,1H3,(H,8,9);/q;;+2/p-2/b2*6-5+;. The van der Waals surface area contributed by atoms with E-state index >= 15 is 0 Å². The third kappa shape index (κ3) is 31.9. The first kappa shape index (κ1) is 23.7. The Hall–Kier alpha value is -0.320. The van der Waals surface area contributed by atoms with Crippen molar-refractivity contribution in [3.8, 4) is 0 Å². The maximum atomic E-state index is 9.76. The summed E-state index contributed by atoms with van der Waals surface area (Å²) >= 11 is 0. The Balaban J connectivity index is -0.000000256. The molecule has 0 N–H and O–H groups in total. The van der Waals surface area contributed by atoms with Crippen LogP contribution in [-0.4, -0.2) is 49.7 Å². The van der Waals surface area contributed by atoms with E-state index in [9.17, 15) is 19.8 Å². The van der Waals surface area contributed by atoms with Crippen molar-refractivity contribution in [3.63, 3.8) is 0 Å². The Morgan fingerprint density at radius 1 is 0.842 bits per heavy atom. The summed E-state index contributed by atoms with van der Waals surface area (Å²) in [4.78, 5) is 19.5. The number of carbonyl (C=O) groups is 2. The van der Waals surface area contributed by atoms with Gasteiger partial charge in [0.1, 0.15) is 0 Å². The molecule has 0 atom stereocenters. The molecular weight excluding hydrogens is 272 g/mol. The van der Waals surface area contributed by atoms with E-state index in [0.717, 1.165) is 50.7 Å². The molecule has 0 aromatic carbocycles. The molecule has 0 aromatic heterocycles. The van der Waals surface area contributed by atoms with Crippen molar-refractivity contribution in [3.05, 3.63) is 24.3 Å². The van der Waals surface area contributed by atoms with E-state index in [0.29, 0.717) is 0 Å². The van der Waals surface area contributed by atoms with Crippen LogP contribution in [-0.2, 0) is 9.59 Å². The van der Waals surface area contributed by atoms with Crippen molar-refractivity contribution >= 4 is 49.7 Å². The molecule has 0 saturated heterocycles. The van der Waals surface area contributed by atoms with Gasteiger partial charge in [0, 0.05) is 0 Å². The van der Waals surface area contributed by atoms with Gasteiger partial charge in [-0.2, -0.15) is 0 Å². The number of carboxylic acid groups (broad SMARTS) is 2. The van der Waals surface area contributed by atoms with Gasteiger partial charge >= 0.3 is 37.7 Å². The first-order valence-corrected chi connectivity index (χ1v) is 6.29. The van der Waals surface area contributed by atoms with E-state index in [1.807, 2.05) is 0 Å². The summed E-state index contributed by atoms with van der Waals surface area (Å²) < 4.78 is 0. The van der Waals surface area contributed by atoms with Crippen molar-refractivity contribution in [2.45, 2.75) is 52.4 Å². The van der Waals surface area contributed by atoms with Gasteiger partial charge < -0.3 is 19.8 Å². The molecule has 0 unspecified atom stereocenters. The summed E-state index contributed by atoms with van der Waals surface area (Å²) in [6.45, 7) is 4.12. The molecule has 0 aromatic rings. The third-order valence-corrected chi connectivity index (χ3v) is 1.96. The van der Waals surface area contributed by atoms with Crippen molar-refractivity contribution < 1.29 is 19.8 Å². The van der Waals surface area contributed by atoms with E-state index in [1.165, 1.54) is 0 Å². The number of hydrogen-bond acceptors (Lipinski definition) is 4. The van der Waals surface area contributed by atoms with Gasteiger partial charge in [0.05, 0.1) is 11.9 Å². The first-order chi connectivity index (χ1) is 8.54. The zero-order valence-corrected chi connectivity index (χ0v) is 14.1. The molecule has 0 heterocycles. The second-order valence-corrected chi connectivity index (χ2v) is 3.73. The number of aliphatic carboxylic acids is 2. The Morgan fingerprint density at radius 3 is 1.37 bits per heavy atom. The minimum Gasteiger partial charge on any atom is -0.545 e. The molecule has 4 nitrogen and oxygen atoms in total. The minimum absolute atomic E-state index is 0. The van der Waals surface area contributed by atoms with Gasteiger partial charge in [-0.15, -0.1) is 0 Å². The van der Waals surface area contributed by atoms with Crippen LogP contribution in [0.15, 0.2) is 24.3 Å².